The number of aromatic amines is 1. The van der Waals surface area contributed by atoms with E-state index in [9.17, 15) is 9.59 Å². The Hall–Kier alpha value is -2.73. The molecule has 0 saturated carbocycles. The Balaban J connectivity index is 1.36. The number of esters is 1. The first-order chi connectivity index (χ1) is 17.8. The van der Waals surface area contributed by atoms with Crippen LogP contribution in [-0.2, 0) is 4.74 Å². The Morgan fingerprint density at radius 2 is 2.03 bits per heavy atom. The van der Waals surface area contributed by atoms with E-state index >= 15 is 4.39 Å². The molecule has 4 aromatic rings. The third kappa shape index (κ3) is 5.05. The van der Waals surface area contributed by atoms with Crippen LogP contribution in [0.2, 0.25) is 10.0 Å². The lowest BCUT2D eigenvalue weighted by molar-refractivity contribution is 0.0532. The van der Waals surface area contributed by atoms with Crippen molar-refractivity contribution in [2.24, 2.45) is 0 Å². The first-order valence-electron chi connectivity index (χ1n) is 11.5. The average Bonchev–Trinajstić information content (AvgIpc) is 3.58. The van der Waals surface area contributed by atoms with E-state index < -0.39 is 24.1 Å². The summed E-state index contributed by atoms with van der Waals surface area (Å²) in [6, 6.07) is 6.96. The second-order valence-electron chi connectivity index (χ2n) is 8.46. The van der Waals surface area contributed by atoms with E-state index in [1.165, 1.54) is 11.3 Å². The SMILES string of the molecule is CCOC(=O)c1sc(N2CC[C@@H](NC(=O)c3[nH]c(C)c(Cl)c3Cl)[C@@H](F)C2)nc1-c1nc2ccccc2s1. The van der Waals surface area contributed by atoms with Gasteiger partial charge in [0.2, 0.25) is 0 Å². The molecular weight excluding hydrogens is 560 g/mol. The molecule has 1 aromatic carbocycles. The van der Waals surface area contributed by atoms with E-state index in [2.05, 4.69) is 15.3 Å². The number of para-hydroxylation sites is 1. The van der Waals surface area contributed by atoms with Gasteiger partial charge in [0, 0.05) is 12.2 Å². The zero-order valence-electron chi connectivity index (χ0n) is 19.8. The molecule has 2 atom stereocenters. The number of thiazole rings is 2. The third-order valence-corrected chi connectivity index (χ3v) is 9.07. The number of anilines is 1. The number of hydrogen-bond donors (Lipinski definition) is 2. The molecule has 1 fully saturated rings. The second kappa shape index (κ2) is 10.6. The van der Waals surface area contributed by atoms with Gasteiger partial charge in [0.25, 0.3) is 5.91 Å². The van der Waals surface area contributed by atoms with Crippen LogP contribution in [0.5, 0.6) is 0 Å². The molecule has 1 amide bonds. The maximum Gasteiger partial charge on any atom is 0.350 e. The number of aryl methyl sites for hydroxylation is 1. The minimum atomic E-state index is -1.37. The van der Waals surface area contributed by atoms with Crippen molar-refractivity contribution in [3.05, 3.63) is 50.6 Å². The predicted octanol–water partition coefficient (Wildman–Crippen LogP) is 5.89. The second-order valence-corrected chi connectivity index (χ2v) is 11.2. The Kier molecular flexibility index (Phi) is 7.39. The molecule has 37 heavy (non-hydrogen) atoms. The van der Waals surface area contributed by atoms with Crippen LogP contribution in [0.3, 0.4) is 0 Å². The van der Waals surface area contributed by atoms with Crippen LogP contribution < -0.4 is 10.2 Å². The molecule has 13 heteroatoms. The number of aromatic nitrogens is 3. The molecule has 2 N–H and O–H groups in total. The summed E-state index contributed by atoms with van der Waals surface area (Å²) >= 11 is 14.8. The molecule has 0 aliphatic carbocycles. The lowest BCUT2D eigenvalue weighted by atomic mass is 10.0. The number of carbonyl (C=O) groups is 2. The molecule has 3 aromatic heterocycles. The fraction of sp³-hybridized carbons (Fsp3) is 0.333. The quantitative estimate of drug-likeness (QED) is 0.275. The fourth-order valence-corrected chi connectivity index (χ4v) is 6.55. The van der Waals surface area contributed by atoms with E-state index in [1.807, 2.05) is 24.3 Å². The van der Waals surface area contributed by atoms with Gasteiger partial charge in [0.05, 0.1) is 39.5 Å². The number of hydrogen-bond acceptors (Lipinski definition) is 8. The van der Waals surface area contributed by atoms with Gasteiger partial charge < -0.3 is 19.9 Å². The van der Waals surface area contributed by atoms with E-state index in [-0.39, 0.29) is 28.9 Å². The highest BCUT2D eigenvalue weighted by molar-refractivity contribution is 7.22. The lowest BCUT2D eigenvalue weighted by Crippen LogP contribution is -2.52. The maximum absolute atomic E-state index is 15.2. The summed E-state index contributed by atoms with van der Waals surface area (Å²) in [5, 5.41) is 4.19. The van der Waals surface area contributed by atoms with Crippen LogP contribution in [0.15, 0.2) is 24.3 Å². The molecule has 0 unspecified atom stereocenters. The number of benzene rings is 1. The number of rotatable bonds is 6. The molecule has 194 valence electrons. The summed E-state index contributed by atoms with van der Waals surface area (Å²) in [4.78, 5) is 39.7. The molecule has 1 aliphatic heterocycles. The normalized spacial score (nSPS) is 17.8. The summed E-state index contributed by atoms with van der Waals surface area (Å²) in [7, 11) is 0. The topological polar surface area (TPSA) is 100 Å². The largest absolute Gasteiger partial charge is 0.462 e. The van der Waals surface area contributed by atoms with Crippen molar-refractivity contribution < 1.29 is 18.7 Å². The van der Waals surface area contributed by atoms with E-state index in [0.29, 0.717) is 39.4 Å². The Morgan fingerprint density at radius 1 is 1.24 bits per heavy atom. The van der Waals surface area contributed by atoms with Gasteiger partial charge in [-0.1, -0.05) is 46.7 Å². The van der Waals surface area contributed by atoms with Gasteiger partial charge in [-0.25, -0.2) is 19.2 Å². The smallest absolute Gasteiger partial charge is 0.350 e. The van der Waals surface area contributed by atoms with Crippen LogP contribution >= 0.6 is 45.9 Å². The summed E-state index contributed by atoms with van der Waals surface area (Å²) in [6.07, 6.45) is -1.04. The number of nitrogens with zero attached hydrogens (tertiary/aromatic N) is 3. The van der Waals surface area contributed by atoms with Gasteiger partial charge in [0.1, 0.15) is 27.4 Å². The van der Waals surface area contributed by atoms with Crippen molar-refractivity contribution in [1.29, 1.82) is 0 Å². The van der Waals surface area contributed by atoms with Crippen LogP contribution in [0, 0.1) is 6.92 Å². The summed E-state index contributed by atoms with van der Waals surface area (Å²) in [6.45, 7) is 4.08. The number of piperidine rings is 1. The summed E-state index contributed by atoms with van der Waals surface area (Å²) in [5.74, 6) is -1.01. The number of alkyl halides is 1. The van der Waals surface area contributed by atoms with Gasteiger partial charge in [0.15, 0.2) is 5.13 Å². The first kappa shape index (κ1) is 25.9. The first-order valence-corrected chi connectivity index (χ1v) is 13.9. The van der Waals surface area contributed by atoms with Gasteiger partial charge in [-0.3, -0.25) is 4.79 Å². The van der Waals surface area contributed by atoms with Gasteiger partial charge in [-0.2, -0.15) is 0 Å². The molecule has 1 saturated heterocycles. The fourth-order valence-electron chi connectivity index (χ4n) is 4.11. The Labute approximate surface area is 229 Å². The number of nitrogens with one attached hydrogen (secondary N) is 2. The van der Waals surface area contributed by atoms with Gasteiger partial charge in [-0.15, -0.1) is 11.3 Å². The molecule has 0 spiro atoms. The zero-order valence-corrected chi connectivity index (χ0v) is 23.0. The van der Waals surface area contributed by atoms with Gasteiger partial charge >= 0.3 is 5.97 Å². The van der Waals surface area contributed by atoms with Crippen molar-refractivity contribution in [1.82, 2.24) is 20.3 Å². The van der Waals surface area contributed by atoms with Gasteiger partial charge in [-0.05, 0) is 32.4 Å². The van der Waals surface area contributed by atoms with Crippen molar-refractivity contribution in [3.63, 3.8) is 0 Å². The molecule has 0 bridgehead atoms. The van der Waals surface area contributed by atoms with Crippen molar-refractivity contribution in [3.8, 4) is 10.7 Å². The minimum absolute atomic E-state index is 0.00173. The third-order valence-electron chi connectivity index (χ3n) is 5.98. The van der Waals surface area contributed by atoms with E-state index in [4.69, 9.17) is 32.9 Å². The number of ether oxygens (including phenoxy) is 1. The minimum Gasteiger partial charge on any atom is -0.462 e. The van der Waals surface area contributed by atoms with Crippen molar-refractivity contribution >= 4 is 73.1 Å². The highest BCUT2D eigenvalue weighted by atomic mass is 35.5. The Bertz CT molecular complexity index is 1450. The van der Waals surface area contributed by atoms with Crippen LogP contribution in [0.1, 0.15) is 39.2 Å². The number of fused-ring (bicyclic) bond motifs is 1. The molecule has 0 radical (unpaired) electrons. The summed E-state index contributed by atoms with van der Waals surface area (Å²) in [5.41, 5.74) is 1.91. The zero-order chi connectivity index (χ0) is 26.3. The number of H-pyrrole nitrogens is 1. The Morgan fingerprint density at radius 3 is 2.70 bits per heavy atom. The molecule has 1 aliphatic rings. The monoisotopic (exact) mass is 581 g/mol. The number of amides is 1. The van der Waals surface area contributed by atoms with E-state index in [0.717, 1.165) is 21.6 Å². The maximum atomic E-state index is 15.2. The van der Waals surface area contributed by atoms with Crippen LogP contribution in [-0.4, -0.2) is 58.7 Å². The number of carbonyl (C=O) groups excluding carboxylic acids is 2. The summed E-state index contributed by atoms with van der Waals surface area (Å²) < 4.78 is 21.5. The molecule has 8 nitrogen and oxygen atoms in total. The molecule has 5 rings (SSSR count). The van der Waals surface area contributed by atoms with Crippen LogP contribution in [0.25, 0.3) is 20.9 Å². The molecular formula is C24H22Cl2FN5O3S2. The molecule has 4 heterocycles. The number of halogens is 3. The standard InChI is InChI=1S/C24H22Cl2FN5O3S2/c1-3-35-23(34)20-19(22-30-14-6-4-5-7-15(14)36-22)31-24(37-20)32-9-8-13(12(27)10-32)29-21(33)18-17(26)16(25)11(2)28-18/h4-7,12-13,28H,3,8-10H2,1-2H3,(H,29,33)/t12-,13+/m0/s1. The van der Waals surface area contributed by atoms with E-state index in [1.54, 1.807) is 18.7 Å². The van der Waals surface area contributed by atoms with Crippen molar-refractivity contribution in [2.45, 2.75) is 32.5 Å². The lowest BCUT2D eigenvalue weighted by Gasteiger charge is -2.34. The van der Waals surface area contributed by atoms with Crippen LogP contribution in [0.4, 0.5) is 9.52 Å². The van der Waals surface area contributed by atoms with Crippen molar-refractivity contribution in [2.75, 3.05) is 24.6 Å². The highest BCUT2D eigenvalue weighted by Gasteiger charge is 2.34. The predicted molar refractivity (Wildman–Crippen MR) is 145 cm³/mol. The highest BCUT2D eigenvalue weighted by Crippen LogP contribution is 2.38. The average molecular weight is 583 g/mol.